The van der Waals surface area contributed by atoms with Gasteiger partial charge in [0.15, 0.2) is 5.69 Å². The molecular weight excluding hydrogens is 234 g/mol. The van der Waals surface area contributed by atoms with Crippen LogP contribution < -0.4 is 0 Å². The molecule has 3 nitrogen and oxygen atoms in total. The Hall–Kier alpha value is -1.79. The molecule has 98 valence electrons. The van der Waals surface area contributed by atoms with Gasteiger partial charge in [0.2, 0.25) is 0 Å². The van der Waals surface area contributed by atoms with Crippen molar-refractivity contribution in [2.75, 3.05) is 14.1 Å². The van der Waals surface area contributed by atoms with Crippen molar-refractivity contribution in [2.24, 2.45) is 0 Å². The van der Waals surface area contributed by atoms with Crippen molar-refractivity contribution in [3.63, 3.8) is 0 Å². The van der Waals surface area contributed by atoms with E-state index in [0.717, 1.165) is 11.2 Å². The molecule has 1 N–H and O–H groups in total. The molecule has 3 heteroatoms. The number of hydrogen-bond acceptors (Lipinski definition) is 1. The highest BCUT2D eigenvalue weighted by atomic mass is 15.1. The summed E-state index contributed by atoms with van der Waals surface area (Å²) >= 11 is 0. The van der Waals surface area contributed by atoms with Gasteiger partial charge in [0.05, 0.1) is 6.57 Å². The van der Waals surface area contributed by atoms with Gasteiger partial charge in [-0.2, -0.15) is 0 Å². The van der Waals surface area contributed by atoms with Gasteiger partial charge in [-0.15, -0.1) is 0 Å². The van der Waals surface area contributed by atoms with Gasteiger partial charge in [0.25, 0.3) is 0 Å². The number of aromatic amines is 1. The van der Waals surface area contributed by atoms with Crippen molar-refractivity contribution in [3.05, 3.63) is 41.4 Å². The van der Waals surface area contributed by atoms with E-state index in [-0.39, 0.29) is 0 Å². The largest absolute Gasteiger partial charge is 0.361 e. The van der Waals surface area contributed by atoms with E-state index in [4.69, 9.17) is 6.57 Å². The van der Waals surface area contributed by atoms with Crippen molar-refractivity contribution in [2.45, 2.75) is 31.2 Å². The second-order valence-corrected chi connectivity index (χ2v) is 5.71. The monoisotopic (exact) mass is 253 g/mol. The minimum atomic E-state index is 0.627. The van der Waals surface area contributed by atoms with E-state index in [1.165, 1.54) is 30.2 Å². The number of fused-ring (bicyclic) bond motifs is 1. The zero-order valence-electron chi connectivity index (χ0n) is 11.5. The quantitative estimate of drug-likeness (QED) is 0.806. The summed E-state index contributed by atoms with van der Waals surface area (Å²) in [7, 11) is 4.33. The molecule has 1 aliphatic rings. The second kappa shape index (κ2) is 4.71. The molecule has 0 spiro atoms. The lowest BCUT2D eigenvalue weighted by Gasteiger charge is -2.18. The summed E-state index contributed by atoms with van der Waals surface area (Å²) in [6.45, 7) is 7.15. The van der Waals surface area contributed by atoms with Crippen LogP contribution in [0.5, 0.6) is 0 Å². The smallest absolute Gasteiger partial charge is 0.187 e. The molecule has 19 heavy (non-hydrogen) atoms. The fraction of sp³-hybridized carbons (Fsp3) is 0.438. The Bertz CT molecular complexity index is 633. The summed E-state index contributed by atoms with van der Waals surface area (Å²) < 4.78 is 0. The number of benzene rings is 1. The minimum Gasteiger partial charge on any atom is -0.361 e. The molecule has 1 aromatic heterocycles. The molecule has 0 saturated heterocycles. The van der Waals surface area contributed by atoms with Crippen LogP contribution in [0, 0.1) is 6.57 Å². The van der Waals surface area contributed by atoms with Crippen LogP contribution in [0.1, 0.15) is 30.7 Å². The molecule has 2 aromatic rings. The maximum atomic E-state index is 7.15. The van der Waals surface area contributed by atoms with E-state index in [2.05, 4.69) is 35.0 Å². The fourth-order valence-electron chi connectivity index (χ4n) is 3.25. The van der Waals surface area contributed by atoms with Crippen LogP contribution >= 0.6 is 0 Å². The topological polar surface area (TPSA) is 23.4 Å². The molecular formula is C16H19N3. The summed E-state index contributed by atoms with van der Waals surface area (Å²) in [5, 5.41) is 1.23. The summed E-state index contributed by atoms with van der Waals surface area (Å²) in [5.74, 6) is 0.627. The zero-order chi connectivity index (χ0) is 13.4. The van der Waals surface area contributed by atoms with Crippen LogP contribution in [0.15, 0.2) is 24.4 Å². The fourth-order valence-corrected chi connectivity index (χ4v) is 3.25. The van der Waals surface area contributed by atoms with E-state index >= 15 is 0 Å². The van der Waals surface area contributed by atoms with Crippen LogP contribution in [-0.2, 0) is 0 Å². The molecule has 1 saturated carbocycles. The number of aromatic nitrogens is 1. The Kier molecular flexibility index (Phi) is 3.04. The number of rotatable bonds is 2. The first-order chi connectivity index (χ1) is 9.19. The van der Waals surface area contributed by atoms with Crippen molar-refractivity contribution in [3.8, 4) is 0 Å². The van der Waals surface area contributed by atoms with Gasteiger partial charge >= 0.3 is 0 Å². The maximum Gasteiger partial charge on any atom is 0.187 e. The third-order valence-corrected chi connectivity index (χ3v) is 4.40. The molecule has 1 aromatic carbocycles. The van der Waals surface area contributed by atoms with Gasteiger partial charge in [0.1, 0.15) is 0 Å². The molecule has 1 aliphatic carbocycles. The van der Waals surface area contributed by atoms with E-state index in [9.17, 15) is 0 Å². The average Bonchev–Trinajstić information content (AvgIpc) is 3.03. The molecule has 0 amide bonds. The van der Waals surface area contributed by atoms with Crippen LogP contribution in [0.25, 0.3) is 15.7 Å². The maximum absolute atomic E-state index is 7.15. The molecule has 0 bridgehead atoms. The van der Waals surface area contributed by atoms with Gasteiger partial charge in [-0.1, -0.05) is 6.07 Å². The Labute approximate surface area is 114 Å². The SMILES string of the molecule is [C-]#[N+]c1ccc2[nH]cc([C@@H]3CC[C@@H](N(C)C)C3)c2c1. The third kappa shape index (κ3) is 2.13. The first-order valence-corrected chi connectivity index (χ1v) is 6.84. The first-order valence-electron chi connectivity index (χ1n) is 6.84. The molecule has 0 radical (unpaired) electrons. The predicted octanol–water partition coefficient (Wildman–Crippen LogP) is 3.92. The summed E-state index contributed by atoms with van der Waals surface area (Å²) in [5.41, 5.74) is 3.27. The Morgan fingerprint density at radius 3 is 2.84 bits per heavy atom. The average molecular weight is 253 g/mol. The summed E-state index contributed by atoms with van der Waals surface area (Å²) in [4.78, 5) is 9.22. The summed E-state index contributed by atoms with van der Waals surface area (Å²) in [6, 6.07) is 6.62. The second-order valence-electron chi connectivity index (χ2n) is 5.71. The highest BCUT2D eigenvalue weighted by Crippen LogP contribution is 2.39. The summed E-state index contributed by atoms with van der Waals surface area (Å²) in [6.07, 6.45) is 5.88. The lowest BCUT2D eigenvalue weighted by atomic mass is 9.96. The molecule has 0 aliphatic heterocycles. The van der Waals surface area contributed by atoms with Crippen LogP contribution in [0.2, 0.25) is 0 Å². The van der Waals surface area contributed by atoms with Gasteiger partial charge in [-0.25, -0.2) is 4.85 Å². The van der Waals surface area contributed by atoms with Crippen molar-refractivity contribution in [1.82, 2.24) is 9.88 Å². The van der Waals surface area contributed by atoms with Crippen molar-refractivity contribution in [1.29, 1.82) is 0 Å². The van der Waals surface area contributed by atoms with E-state index in [0.29, 0.717) is 12.0 Å². The van der Waals surface area contributed by atoms with Gasteiger partial charge in [0, 0.05) is 17.8 Å². The van der Waals surface area contributed by atoms with Gasteiger partial charge in [-0.3, -0.25) is 0 Å². The molecule has 3 rings (SSSR count). The van der Waals surface area contributed by atoms with E-state index < -0.39 is 0 Å². The first kappa shape index (κ1) is 12.3. The van der Waals surface area contributed by atoms with Crippen molar-refractivity contribution < 1.29 is 0 Å². The van der Waals surface area contributed by atoms with Crippen LogP contribution in [-0.4, -0.2) is 30.0 Å². The number of nitrogens with zero attached hydrogens (tertiary/aromatic N) is 2. The normalized spacial score (nSPS) is 23.1. The van der Waals surface area contributed by atoms with E-state index in [1.54, 1.807) is 0 Å². The molecule has 1 heterocycles. The Morgan fingerprint density at radius 1 is 1.32 bits per heavy atom. The predicted molar refractivity (Wildman–Crippen MR) is 78.6 cm³/mol. The minimum absolute atomic E-state index is 0.627. The highest BCUT2D eigenvalue weighted by molar-refractivity contribution is 5.87. The lowest BCUT2D eigenvalue weighted by Crippen LogP contribution is -2.24. The van der Waals surface area contributed by atoms with E-state index in [1.807, 2.05) is 18.2 Å². The Morgan fingerprint density at radius 2 is 2.16 bits per heavy atom. The standard InChI is InChI=1S/C16H19N3/c1-17-12-5-7-16-14(9-12)15(10-18-16)11-4-6-13(8-11)19(2)3/h5,7,9-11,13,18H,4,6,8H2,2-3H3/t11-,13-/m1/s1. The molecule has 2 atom stereocenters. The third-order valence-electron chi connectivity index (χ3n) is 4.40. The molecule has 1 fully saturated rings. The van der Waals surface area contributed by atoms with Gasteiger partial charge in [-0.05, 0) is 62.4 Å². The number of hydrogen-bond donors (Lipinski definition) is 1. The van der Waals surface area contributed by atoms with Crippen molar-refractivity contribution >= 4 is 16.6 Å². The Balaban J connectivity index is 1.95. The number of H-pyrrole nitrogens is 1. The van der Waals surface area contributed by atoms with Crippen LogP contribution in [0.3, 0.4) is 0 Å². The highest BCUT2D eigenvalue weighted by Gasteiger charge is 2.28. The lowest BCUT2D eigenvalue weighted by molar-refractivity contribution is 0.297. The number of nitrogens with one attached hydrogen (secondary N) is 1. The molecule has 0 unspecified atom stereocenters. The van der Waals surface area contributed by atoms with Crippen LogP contribution in [0.4, 0.5) is 5.69 Å². The van der Waals surface area contributed by atoms with Gasteiger partial charge < -0.3 is 9.88 Å². The zero-order valence-corrected chi connectivity index (χ0v) is 11.5.